The van der Waals surface area contributed by atoms with Crippen LogP contribution in [0.4, 0.5) is 0 Å². The predicted molar refractivity (Wildman–Crippen MR) is 128 cm³/mol. The van der Waals surface area contributed by atoms with Crippen molar-refractivity contribution in [3.63, 3.8) is 0 Å². The van der Waals surface area contributed by atoms with Gasteiger partial charge in [-0.1, -0.05) is 50.3 Å². The third kappa shape index (κ3) is 2.60. The Morgan fingerprint density at radius 3 is 2.71 bits per heavy atom. The zero-order valence-corrected chi connectivity index (χ0v) is 19.7. The summed E-state index contributed by atoms with van der Waals surface area (Å²) < 4.78 is 12.9. The molecule has 4 fully saturated rings. The molecule has 34 heavy (non-hydrogen) atoms. The quantitative estimate of drug-likeness (QED) is 0.494. The number of ketones is 1. The molecule has 4 aliphatic heterocycles. The second-order valence-corrected chi connectivity index (χ2v) is 11.7. The molecule has 0 aromatic heterocycles. The molecule has 2 saturated heterocycles. The van der Waals surface area contributed by atoms with Crippen LogP contribution in [0.2, 0.25) is 0 Å². The molecule has 0 radical (unpaired) electrons. The number of allylic oxidation sites excluding steroid dienone is 3. The van der Waals surface area contributed by atoms with Crippen LogP contribution in [-0.4, -0.2) is 34.4 Å². The van der Waals surface area contributed by atoms with Crippen molar-refractivity contribution in [2.45, 2.75) is 56.1 Å². The lowest BCUT2D eigenvalue weighted by Gasteiger charge is -2.39. The van der Waals surface area contributed by atoms with Crippen LogP contribution >= 0.6 is 0 Å². The fourth-order valence-electron chi connectivity index (χ4n) is 8.29. The van der Waals surface area contributed by atoms with Crippen molar-refractivity contribution in [1.82, 2.24) is 5.32 Å². The Bertz CT molecular complexity index is 1110. The molecular formula is C29H33NO4. The highest BCUT2D eigenvalue weighted by Gasteiger charge is 2.78. The van der Waals surface area contributed by atoms with Crippen LogP contribution < -0.4 is 10.1 Å². The second-order valence-electron chi connectivity index (χ2n) is 11.7. The van der Waals surface area contributed by atoms with Gasteiger partial charge in [0.2, 0.25) is 0 Å². The van der Waals surface area contributed by atoms with Crippen molar-refractivity contribution in [3.05, 3.63) is 66.9 Å². The van der Waals surface area contributed by atoms with E-state index in [4.69, 9.17) is 9.47 Å². The van der Waals surface area contributed by atoms with Crippen molar-refractivity contribution in [1.29, 1.82) is 0 Å². The van der Waals surface area contributed by atoms with Gasteiger partial charge in [0.05, 0.1) is 0 Å². The van der Waals surface area contributed by atoms with E-state index < -0.39 is 17.4 Å². The standard InChI is InChI=1S/C29H33NO4/c1-4-18-8-12-20-22-13-15(2)5-11-21(22)25-24(20)23(18)26(31)29-16(3)30-28(32,27(29)34-29)14-17-6-9-19(33-25)10-7-17/h4,6-10,12,15,18,20-25,27,30,32H,1,3,5,11,13-14H2,2H3/t15-,18+,20+,21-,22+,23+,24+,25+,27+,28-,29+/m1/s1. The number of benzene rings is 1. The average Bonchev–Trinajstić information content (AvgIpc) is 3.48. The first kappa shape index (κ1) is 21.0. The maximum absolute atomic E-state index is 14.5. The van der Waals surface area contributed by atoms with Gasteiger partial charge >= 0.3 is 0 Å². The number of carbonyl (C=O) groups excluding carboxylic acids is 1. The average molecular weight is 460 g/mol. The van der Waals surface area contributed by atoms with Gasteiger partial charge in [0.25, 0.3) is 0 Å². The number of epoxide rings is 1. The first-order chi connectivity index (χ1) is 16.4. The van der Waals surface area contributed by atoms with Gasteiger partial charge in [-0.25, -0.2) is 0 Å². The Balaban J connectivity index is 1.40. The molecule has 7 aliphatic rings. The van der Waals surface area contributed by atoms with Gasteiger partial charge in [-0.2, -0.15) is 0 Å². The van der Waals surface area contributed by atoms with Crippen LogP contribution in [0.5, 0.6) is 5.75 Å². The molecule has 4 heterocycles. The van der Waals surface area contributed by atoms with Gasteiger partial charge < -0.3 is 19.9 Å². The third-order valence-electron chi connectivity index (χ3n) is 9.82. The molecule has 0 unspecified atom stereocenters. The highest BCUT2D eigenvalue weighted by atomic mass is 16.6. The second kappa shape index (κ2) is 6.86. The summed E-state index contributed by atoms with van der Waals surface area (Å²) in [6, 6.07) is 8.04. The molecular weight excluding hydrogens is 426 g/mol. The Labute approximate surface area is 200 Å². The summed E-state index contributed by atoms with van der Waals surface area (Å²) in [5.74, 6) is 2.42. The minimum absolute atomic E-state index is 0.0259. The molecule has 0 amide bonds. The molecule has 2 N–H and O–H groups in total. The molecule has 5 heteroatoms. The van der Waals surface area contributed by atoms with Crippen LogP contribution in [0, 0.1) is 41.4 Å². The van der Waals surface area contributed by atoms with Crippen molar-refractivity contribution in [2.75, 3.05) is 0 Å². The zero-order valence-electron chi connectivity index (χ0n) is 19.7. The number of fused-ring (bicyclic) bond motifs is 4. The molecule has 3 aliphatic carbocycles. The van der Waals surface area contributed by atoms with Crippen LogP contribution in [-0.2, 0) is 16.0 Å². The number of morpholine rings is 1. The lowest BCUT2D eigenvalue weighted by molar-refractivity contribution is -0.131. The maximum Gasteiger partial charge on any atom is 0.196 e. The Hall–Kier alpha value is -2.37. The van der Waals surface area contributed by atoms with E-state index in [0.717, 1.165) is 17.7 Å². The van der Waals surface area contributed by atoms with E-state index >= 15 is 0 Å². The monoisotopic (exact) mass is 459 g/mol. The number of rotatable bonds is 1. The highest BCUT2D eigenvalue weighted by molar-refractivity contribution is 5.98. The van der Waals surface area contributed by atoms with Crippen LogP contribution in [0.25, 0.3) is 0 Å². The fourth-order valence-corrected chi connectivity index (χ4v) is 8.29. The predicted octanol–water partition coefficient (Wildman–Crippen LogP) is 3.79. The molecule has 2 saturated carbocycles. The Kier molecular flexibility index (Phi) is 4.23. The summed E-state index contributed by atoms with van der Waals surface area (Å²) in [4.78, 5) is 14.5. The number of hydrogen-bond acceptors (Lipinski definition) is 5. The number of hydrogen-bond donors (Lipinski definition) is 2. The SMILES string of the molecule is C=C[C@H]1C=C[C@H]2[C@@H]3C[C@H](C)CC[C@H]3[C@@H]3Oc4ccc(cc4)C[C@]4(O)NC(=C)[C@]5(O[C@H]54)C(=O)[C@@H]1[C@H]23. The summed E-state index contributed by atoms with van der Waals surface area (Å²) in [7, 11) is 0. The summed E-state index contributed by atoms with van der Waals surface area (Å²) in [5, 5.41) is 14.7. The third-order valence-corrected chi connectivity index (χ3v) is 9.82. The fraction of sp³-hybridized carbons (Fsp3) is 0.552. The van der Waals surface area contributed by atoms with Gasteiger partial charge in [-0.3, -0.25) is 4.79 Å². The maximum atomic E-state index is 14.5. The van der Waals surface area contributed by atoms with E-state index in [1.807, 2.05) is 30.3 Å². The van der Waals surface area contributed by atoms with Gasteiger partial charge in [0, 0.05) is 29.9 Å². The van der Waals surface area contributed by atoms with Gasteiger partial charge in [-0.15, -0.1) is 6.58 Å². The Morgan fingerprint density at radius 1 is 1.18 bits per heavy atom. The first-order valence-corrected chi connectivity index (χ1v) is 12.8. The summed E-state index contributed by atoms with van der Waals surface area (Å²) in [6.45, 7) is 10.6. The summed E-state index contributed by atoms with van der Waals surface area (Å²) >= 11 is 0. The van der Waals surface area contributed by atoms with E-state index in [0.29, 0.717) is 35.8 Å². The normalized spacial score (nSPS) is 50.0. The van der Waals surface area contributed by atoms with Crippen LogP contribution in [0.15, 0.2) is 61.3 Å². The molecule has 0 spiro atoms. The minimum atomic E-state index is -1.35. The Morgan fingerprint density at radius 2 is 1.97 bits per heavy atom. The molecule has 178 valence electrons. The van der Waals surface area contributed by atoms with E-state index in [-0.39, 0.29) is 29.6 Å². The molecule has 5 nitrogen and oxygen atoms in total. The number of ether oxygens (including phenoxy) is 2. The largest absolute Gasteiger partial charge is 0.490 e. The summed E-state index contributed by atoms with van der Waals surface area (Å²) in [5.41, 5.74) is -1.08. The molecule has 11 atom stereocenters. The minimum Gasteiger partial charge on any atom is -0.490 e. The first-order valence-electron chi connectivity index (χ1n) is 12.8. The van der Waals surface area contributed by atoms with E-state index in [2.05, 4.69) is 37.6 Å². The van der Waals surface area contributed by atoms with Crippen LogP contribution in [0.3, 0.4) is 0 Å². The van der Waals surface area contributed by atoms with Crippen molar-refractivity contribution in [2.24, 2.45) is 41.4 Å². The van der Waals surface area contributed by atoms with E-state index in [9.17, 15) is 9.90 Å². The molecule has 8 rings (SSSR count). The van der Waals surface area contributed by atoms with E-state index in [1.54, 1.807) is 0 Å². The van der Waals surface area contributed by atoms with Crippen molar-refractivity contribution in [3.8, 4) is 5.75 Å². The lowest BCUT2D eigenvalue weighted by atomic mass is 9.65. The molecule has 4 bridgehead atoms. The molecule has 1 aromatic carbocycles. The van der Waals surface area contributed by atoms with Crippen LogP contribution in [0.1, 0.15) is 31.7 Å². The van der Waals surface area contributed by atoms with Crippen molar-refractivity contribution < 1.29 is 19.4 Å². The topological polar surface area (TPSA) is 71.1 Å². The van der Waals surface area contributed by atoms with Crippen molar-refractivity contribution >= 4 is 5.78 Å². The number of aliphatic hydroxyl groups is 1. The smallest absolute Gasteiger partial charge is 0.196 e. The van der Waals surface area contributed by atoms with Gasteiger partial charge in [0.1, 0.15) is 18.0 Å². The number of nitrogens with one attached hydrogen (secondary N) is 1. The number of Topliss-reactive ketones (excluding diaryl/α,β-unsaturated/α-hetero) is 1. The lowest BCUT2D eigenvalue weighted by Crippen LogP contribution is -2.47. The van der Waals surface area contributed by atoms with Gasteiger partial charge in [-0.05, 0) is 54.2 Å². The summed E-state index contributed by atoms with van der Waals surface area (Å²) in [6.07, 6.45) is 9.61. The zero-order chi connectivity index (χ0) is 23.4. The molecule has 1 aromatic rings. The highest BCUT2D eigenvalue weighted by Crippen LogP contribution is 2.61. The van der Waals surface area contributed by atoms with E-state index in [1.165, 1.54) is 12.8 Å². The number of carbonyl (C=O) groups is 1. The van der Waals surface area contributed by atoms with Gasteiger partial charge in [0.15, 0.2) is 17.1 Å².